The number of rotatable bonds is 4. The first kappa shape index (κ1) is 16.9. The van der Waals surface area contributed by atoms with Crippen LogP contribution in [0.3, 0.4) is 0 Å². The Labute approximate surface area is 153 Å². The minimum absolute atomic E-state index is 0.00525. The second-order valence-corrected chi connectivity index (χ2v) is 7.11. The molecule has 2 aromatic rings. The summed E-state index contributed by atoms with van der Waals surface area (Å²) in [5.41, 5.74) is 2.60. The minimum atomic E-state index is -0.369. The van der Waals surface area contributed by atoms with Gasteiger partial charge in [-0.1, -0.05) is 31.5 Å². The second kappa shape index (κ2) is 6.65. The summed E-state index contributed by atoms with van der Waals surface area (Å²) in [5, 5.41) is 14.0. The largest absolute Gasteiger partial charge is 0.508 e. The van der Waals surface area contributed by atoms with E-state index in [1.54, 1.807) is 6.07 Å². The van der Waals surface area contributed by atoms with Crippen LogP contribution in [0.4, 0.5) is 0 Å². The third-order valence-electron chi connectivity index (χ3n) is 5.02. The number of aromatic hydroxyl groups is 1. The van der Waals surface area contributed by atoms with Crippen LogP contribution in [0.5, 0.6) is 17.2 Å². The summed E-state index contributed by atoms with van der Waals surface area (Å²) < 4.78 is 10.9. The molecule has 0 spiro atoms. The zero-order valence-corrected chi connectivity index (χ0v) is 15.2. The molecule has 4 rings (SSSR count). The average molecular weight is 352 g/mol. The molecular formula is C21H24N2O3. The number of aliphatic imine (C=N–C) groups is 1. The van der Waals surface area contributed by atoms with Crippen LogP contribution in [0.15, 0.2) is 47.5 Å². The van der Waals surface area contributed by atoms with Crippen LogP contribution in [0.25, 0.3) is 0 Å². The lowest BCUT2D eigenvalue weighted by atomic mass is 9.90. The van der Waals surface area contributed by atoms with Crippen LogP contribution in [-0.4, -0.2) is 23.3 Å². The summed E-state index contributed by atoms with van der Waals surface area (Å²) in [4.78, 5) is 5.03. The molecule has 0 radical (unpaired) electrons. The minimum Gasteiger partial charge on any atom is -0.508 e. The van der Waals surface area contributed by atoms with Crippen molar-refractivity contribution in [1.29, 1.82) is 0 Å². The zero-order chi connectivity index (χ0) is 18.1. The molecular weight excluding hydrogens is 328 g/mol. The lowest BCUT2D eigenvalue weighted by Crippen LogP contribution is -2.47. The Balaban J connectivity index is 1.72. The molecule has 26 heavy (non-hydrogen) atoms. The molecule has 0 saturated heterocycles. The van der Waals surface area contributed by atoms with Gasteiger partial charge in [0.25, 0.3) is 0 Å². The van der Waals surface area contributed by atoms with Crippen LogP contribution >= 0.6 is 0 Å². The number of ether oxygens (including phenoxy) is 2. The van der Waals surface area contributed by atoms with Gasteiger partial charge in [0, 0.05) is 23.7 Å². The molecule has 0 bridgehead atoms. The molecule has 2 aromatic carbocycles. The first-order valence-corrected chi connectivity index (χ1v) is 9.12. The number of phenolic OH excluding ortho intramolecular Hbond substituents is 1. The van der Waals surface area contributed by atoms with Gasteiger partial charge in [0.15, 0.2) is 11.5 Å². The third-order valence-corrected chi connectivity index (χ3v) is 5.02. The van der Waals surface area contributed by atoms with Crippen molar-refractivity contribution in [2.24, 2.45) is 4.99 Å². The predicted octanol–water partition coefficient (Wildman–Crippen LogP) is 4.16. The molecule has 0 amide bonds. The van der Waals surface area contributed by atoms with Crippen molar-refractivity contribution < 1.29 is 14.6 Å². The Morgan fingerprint density at radius 3 is 2.81 bits per heavy atom. The lowest BCUT2D eigenvalue weighted by Gasteiger charge is -2.38. The summed E-state index contributed by atoms with van der Waals surface area (Å²) in [7, 11) is 0. The van der Waals surface area contributed by atoms with Gasteiger partial charge in [-0.2, -0.15) is 0 Å². The van der Waals surface area contributed by atoms with Gasteiger partial charge in [-0.05, 0) is 43.2 Å². The monoisotopic (exact) mass is 352 g/mol. The zero-order valence-electron chi connectivity index (χ0n) is 15.2. The Morgan fingerprint density at radius 1 is 1.19 bits per heavy atom. The number of benzene rings is 2. The van der Waals surface area contributed by atoms with Gasteiger partial charge in [0.1, 0.15) is 11.4 Å². The van der Waals surface area contributed by atoms with Crippen LogP contribution in [0.2, 0.25) is 0 Å². The van der Waals surface area contributed by atoms with E-state index in [2.05, 4.69) is 19.2 Å². The van der Waals surface area contributed by atoms with Gasteiger partial charge in [-0.25, -0.2) is 0 Å². The van der Waals surface area contributed by atoms with Crippen molar-refractivity contribution >= 4 is 5.71 Å². The maximum absolute atomic E-state index is 10.3. The maximum atomic E-state index is 10.3. The molecule has 136 valence electrons. The van der Waals surface area contributed by atoms with Crippen LogP contribution in [0, 0.1) is 0 Å². The second-order valence-electron chi connectivity index (χ2n) is 7.11. The van der Waals surface area contributed by atoms with E-state index in [1.807, 2.05) is 36.4 Å². The predicted molar refractivity (Wildman–Crippen MR) is 101 cm³/mol. The van der Waals surface area contributed by atoms with E-state index in [-0.39, 0.29) is 18.5 Å². The third kappa shape index (κ3) is 3.15. The molecule has 2 N–H and O–H groups in total. The van der Waals surface area contributed by atoms with E-state index in [9.17, 15) is 5.11 Å². The molecule has 0 saturated carbocycles. The molecule has 5 heteroatoms. The number of para-hydroxylation sites is 1. The average Bonchev–Trinajstić information content (AvgIpc) is 3.09. The Kier molecular flexibility index (Phi) is 4.32. The quantitative estimate of drug-likeness (QED) is 0.867. The SMILES string of the molecule is CCCC1(C)N=C(c2ccc3c(c2)OCO3)CC(c2ccccc2O)N1. The number of nitrogens with zero attached hydrogens (tertiary/aromatic N) is 1. The van der Waals surface area contributed by atoms with Crippen LogP contribution < -0.4 is 14.8 Å². The van der Waals surface area contributed by atoms with Crippen LogP contribution in [0.1, 0.15) is 50.3 Å². The van der Waals surface area contributed by atoms with Crippen molar-refractivity contribution in [3.63, 3.8) is 0 Å². The Bertz CT molecular complexity index is 849. The van der Waals surface area contributed by atoms with E-state index >= 15 is 0 Å². The number of hydrogen-bond acceptors (Lipinski definition) is 5. The molecule has 0 fully saturated rings. The summed E-state index contributed by atoms with van der Waals surface area (Å²) in [5.74, 6) is 1.85. The van der Waals surface area contributed by atoms with E-state index in [1.165, 1.54) is 0 Å². The van der Waals surface area contributed by atoms with E-state index in [0.29, 0.717) is 12.2 Å². The van der Waals surface area contributed by atoms with Crippen LogP contribution in [-0.2, 0) is 0 Å². The standard InChI is InChI=1S/C21H24N2O3/c1-3-10-21(2)22-16(14-8-9-19-20(11-14)26-13-25-19)12-17(23-21)15-6-4-5-7-18(15)24/h4-9,11,17,23-24H,3,10,12-13H2,1-2H3. The van der Waals surface area contributed by atoms with Gasteiger partial charge >= 0.3 is 0 Å². The molecule has 5 nitrogen and oxygen atoms in total. The molecule has 2 atom stereocenters. The number of fused-ring (bicyclic) bond motifs is 1. The molecule has 0 aromatic heterocycles. The molecule has 0 aliphatic carbocycles. The first-order valence-electron chi connectivity index (χ1n) is 9.12. The summed E-state index contributed by atoms with van der Waals surface area (Å²) in [6.07, 6.45) is 2.65. The van der Waals surface area contributed by atoms with Crippen molar-refractivity contribution in [2.45, 2.75) is 44.8 Å². The van der Waals surface area contributed by atoms with Gasteiger partial charge in [-0.3, -0.25) is 10.3 Å². The lowest BCUT2D eigenvalue weighted by molar-refractivity contribution is 0.174. The molecule has 2 unspecified atom stereocenters. The Morgan fingerprint density at radius 2 is 2.00 bits per heavy atom. The first-order chi connectivity index (χ1) is 12.6. The highest BCUT2D eigenvalue weighted by molar-refractivity contribution is 6.02. The molecule has 2 aliphatic rings. The highest BCUT2D eigenvalue weighted by atomic mass is 16.7. The van der Waals surface area contributed by atoms with Crippen molar-refractivity contribution in [1.82, 2.24) is 5.32 Å². The summed E-state index contributed by atoms with van der Waals surface area (Å²) in [6, 6.07) is 13.5. The number of nitrogens with one attached hydrogen (secondary N) is 1. The van der Waals surface area contributed by atoms with Crippen molar-refractivity contribution in [3.05, 3.63) is 53.6 Å². The fourth-order valence-corrected chi connectivity index (χ4v) is 3.84. The summed E-state index contributed by atoms with van der Waals surface area (Å²) in [6.45, 7) is 4.54. The maximum Gasteiger partial charge on any atom is 0.231 e. The van der Waals surface area contributed by atoms with E-state index in [4.69, 9.17) is 14.5 Å². The van der Waals surface area contributed by atoms with E-state index < -0.39 is 0 Å². The smallest absolute Gasteiger partial charge is 0.231 e. The van der Waals surface area contributed by atoms with Gasteiger partial charge < -0.3 is 14.6 Å². The van der Waals surface area contributed by atoms with Gasteiger partial charge in [0.05, 0.1) is 0 Å². The number of hydrogen-bond donors (Lipinski definition) is 2. The molecule has 2 heterocycles. The fraction of sp³-hybridized carbons (Fsp3) is 0.381. The topological polar surface area (TPSA) is 63.1 Å². The van der Waals surface area contributed by atoms with Crippen molar-refractivity contribution in [3.8, 4) is 17.2 Å². The van der Waals surface area contributed by atoms with Crippen molar-refractivity contribution in [2.75, 3.05) is 6.79 Å². The highest BCUT2D eigenvalue weighted by Gasteiger charge is 2.34. The van der Waals surface area contributed by atoms with E-state index in [0.717, 1.165) is 41.2 Å². The van der Waals surface area contributed by atoms with Gasteiger partial charge in [0.2, 0.25) is 6.79 Å². The molecule has 2 aliphatic heterocycles. The Hall–Kier alpha value is -2.53. The fourth-order valence-electron chi connectivity index (χ4n) is 3.84. The van der Waals surface area contributed by atoms with Gasteiger partial charge in [-0.15, -0.1) is 0 Å². The number of phenols is 1. The summed E-state index contributed by atoms with van der Waals surface area (Å²) >= 11 is 0. The highest BCUT2D eigenvalue weighted by Crippen LogP contribution is 2.37. The normalized spacial score (nSPS) is 24.4.